The van der Waals surface area contributed by atoms with Crippen LogP contribution in [0.25, 0.3) is 0 Å². The van der Waals surface area contributed by atoms with Gasteiger partial charge in [0.1, 0.15) is 18.3 Å². The van der Waals surface area contributed by atoms with Crippen LogP contribution in [0.5, 0.6) is 0 Å². The fraction of sp³-hybridized carbons (Fsp3) is 0.839. The van der Waals surface area contributed by atoms with E-state index in [4.69, 9.17) is 32.8 Å². The second-order valence-electron chi connectivity index (χ2n) is 13.7. The van der Waals surface area contributed by atoms with Crippen molar-refractivity contribution in [2.75, 3.05) is 28.4 Å². The second kappa shape index (κ2) is 12.8. The monoisotopic (exact) mass is 658 g/mol. The number of fused-ring (bicyclic) bond motifs is 3. The van der Waals surface area contributed by atoms with Crippen LogP contribution in [0, 0.1) is 35.5 Å². The van der Waals surface area contributed by atoms with E-state index in [9.17, 15) is 4.79 Å². The van der Waals surface area contributed by atoms with Gasteiger partial charge in [-0.2, -0.15) is 0 Å². The van der Waals surface area contributed by atoms with Crippen molar-refractivity contribution in [1.82, 2.24) is 0 Å². The summed E-state index contributed by atoms with van der Waals surface area (Å²) in [6, 6.07) is 0. The van der Waals surface area contributed by atoms with Crippen LogP contribution < -0.4 is 0 Å². The lowest BCUT2D eigenvalue weighted by Crippen LogP contribution is -2.60. The summed E-state index contributed by atoms with van der Waals surface area (Å²) in [5.74, 6) is 0.563. The van der Waals surface area contributed by atoms with Crippen LogP contribution >= 0.6 is 15.9 Å². The molecule has 1 heterocycles. The number of ether oxygens (including phenoxy) is 6. The molecule has 0 amide bonds. The molecule has 13 atom stereocenters. The number of esters is 1. The topological polar surface area (TPSA) is 81.7 Å². The highest BCUT2D eigenvalue weighted by Crippen LogP contribution is 2.60. The first kappa shape index (κ1) is 33.3. The van der Waals surface area contributed by atoms with Crippen molar-refractivity contribution in [2.24, 2.45) is 35.5 Å². The standard InChI is InChI=1S/C31H51BrO8Si/c1-12-17-19-14-22(32)24-20(18(19)13-21(17)29(33)37-9)15-23(26(24)40-41(10,11)31(3,4)5)39-30-28(36-8)27(35-7)25(34-6)16(2)38-30/h12,14,16-21,23-28,30H,1,13,15H2,2-11H3/t16-,17-,18-,19-,20+,21+,23-,24+,25-,26-,27+,28+,30-/m0/s1. The molecule has 0 radical (unpaired) electrons. The summed E-state index contributed by atoms with van der Waals surface area (Å²) in [6.07, 6.45) is 3.42. The van der Waals surface area contributed by atoms with Gasteiger partial charge in [-0.05, 0) is 66.1 Å². The summed E-state index contributed by atoms with van der Waals surface area (Å²) < 4.78 is 44.4. The summed E-state index contributed by atoms with van der Waals surface area (Å²) in [6.45, 7) is 17.4. The third-order valence-electron chi connectivity index (χ3n) is 10.7. The Balaban J connectivity index is 1.69. The molecule has 3 aliphatic carbocycles. The molecule has 0 aromatic carbocycles. The molecule has 4 aliphatic rings. The van der Waals surface area contributed by atoms with E-state index < -0.39 is 20.7 Å². The van der Waals surface area contributed by atoms with Crippen molar-refractivity contribution >= 4 is 30.2 Å². The molecule has 0 bridgehead atoms. The number of carbonyl (C=O) groups is 1. The Morgan fingerprint density at radius 2 is 1.66 bits per heavy atom. The Hall–Kier alpha value is -0.593. The van der Waals surface area contributed by atoms with Crippen molar-refractivity contribution < 1.29 is 37.6 Å². The molecule has 41 heavy (non-hydrogen) atoms. The second-order valence-corrected chi connectivity index (χ2v) is 19.4. The van der Waals surface area contributed by atoms with E-state index in [0.29, 0.717) is 5.92 Å². The number of carbonyl (C=O) groups excluding carboxylic acids is 1. The fourth-order valence-corrected chi connectivity index (χ4v) is 9.84. The van der Waals surface area contributed by atoms with Crippen LogP contribution in [0.2, 0.25) is 18.1 Å². The van der Waals surface area contributed by atoms with Crippen molar-refractivity contribution in [3.8, 4) is 0 Å². The Morgan fingerprint density at radius 1 is 1.02 bits per heavy atom. The summed E-state index contributed by atoms with van der Waals surface area (Å²) in [5, 5.41) is 0.0258. The van der Waals surface area contributed by atoms with Crippen LogP contribution in [-0.2, 0) is 37.6 Å². The van der Waals surface area contributed by atoms with Gasteiger partial charge in [0.25, 0.3) is 0 Å². The van der Waals surface area contributed by atoms with Gasteiger partial charge < -0.3 is 32.8 Å². The highest BCUT2D eigenvalue weighted by atomic mass is 79.9. The van der Waals surface area contributed by atoms with Gasteiger partial charge in [0.05, 0.1) is 31.3 Å². The zero-order valence-electron chi connectivity index (χ0n) is 26.4. The largest absolute Gasteiger partial charge is 0.469 e. The number of hydrogen-bond donors (Lipinski definition) is 0. The number of methoxy groups -OCH3 is 4. The normalized spacial score (nSPS) is 42.8. The molecule has 0 N–H and O–H groups in total. The Morgan fingerprint density at radius 3 is 2.20 bits per heavy atom. The molecule has 1 saturated heterocycles. The zero-order chi connectivity index (χ0) is 30.4. The molecule has 0 aromatic heterocycles. The zero-order valence-corrected chi connectivity index (χ0v) is 29.0. The lowest BCUT2D eigenvalue weighted by atomic mass is 9.71. The third-order valence-corrected chi connectivity index (χ3v) is 16.0. The summed E-state index contributed by atoms with van der Waals surface area (Å²) in [4.78, 5) is 12.8. The number of hydrogen-bond acceptors (Lipinski definition) is 8. The SMILES string of the molecule is C=C[C@H]1[C@@H]2C=C(Br)[C@H]3[C@H](C[C@H](O[C@@H]4O[C@@H](C)[C@H](OC)[C@@H](OC)[C@H]4OC)[C@@H]3O[Si](C)(C)C(C)(C)C)[C@H]2C[C@H]1C(=O)OC. The van der Waals surface area contributed by atoms with E-state index >= 15 is 0 Å². The minimum Gasteiger partial charge on any atom is -0.469 e. The highest BCUT2D eigenvalue weighted by Gasteiger charge is 2.60. The molecule has 10 heteroatoms. The average Bonchev–Trinajstić information content (AvgIpc) is 3.45. The number of rotatable bonds is 9. The Kier molecular flexibility index (Phi) is 10.4. The molecular weight excluding hydrogens is 608 g/mol. The maximum Gasteiger partial charge on any atom is 0.309 e. The maximum absolute atomic E-state index is 12.8. The van der Waals surface area contributed by atoms with Gasteiger partial charge in [-0.1, -0.05) is 48.9 Å². The first-order valence-electron chi connectivity index (χ1n) is 14.9. The summed E-state index contributed by atoms with van der Waals surface area (Å²) in [7, 11) is 4.27. The van der Waals surface area contributed by atoms with E-state index in [-0.39, 0.29) is 71.1 Å². The van der Waals surface area contributed by atoms with Crippen LogP contribution in [0.15, 0.2) is 23.2 Å². The molecule has 0 spiro atoms. The molecule has 3 fully saturated rings. The van der Waals surface area contributed by atoms with Crippen LogP contribution in [0.3, 0.4) is 0 Å². The van der Waals surface area contributed by atoms with E-state index in [2.05, 4.69) is 62.5 Å². The van der Waals surface area contributed by atoms with E-state index in [1.165, 1.54) is 7.11 Å². The molecule has 8 nitrogen and oxygen atoms in total. The van der Waals surface area contributed by atoms with E-state index in [1.807, 2.05) is 13.0 Å². The lowest BCUT2D eigenvalue weighted by molar-refractivity contribution is -0.318. The molecule has 1 aliphatic heterocycles. The average molecular weight is 660 g/mol. The van der Waals surface area contributed by atoms with Gasteiger partial charge in [0.2, 0.25) is 0 Å². The van der Waals surface area contributed by atoms with Gasteiger partial charge in [0.15, 0.2) is 14.6 Å². The predicted octanol–water partition coefficient (Wildman–Crippen LogP) is 5.71. The van der Waals surface area contributed by atoms with Crippen molar-refractivity contribution in [3.05, 3.63) is 23.2 Å². The van der Waals surface area contributed by atoms with E-state index in [1.54, 1.807) is 21.3 Å². The maximum atomic E-state index is 12.8. The predicted molar refractivity (Wildman–Crippen MR) is 163 cm³/mol. The lowest BCUT2D eigenvalue weighted by Gasteiger charge is -2.46. The molecule has 0 unspecified atom stereocenters. The smallest absolute Gasteiger partial charge is 0.309 e. The Bertz CT molecular complexity index is 982. The van der Waals surface area contributed by atoms with Crippen LogP contribution in [0.4, 0.5) is 0 Å². The quantitative estimate of drug-likeness (QED) is 0.177. The van der Waals surface area contributed by atoms with Gasteiger partial charge in [-0.25, -0.2) is 0 Å². The van der Waals surface area contributed by atoms with Crippen molar-refractivity contribution in [2.45, 2.75) is 102 Å². The van der Waals surface area contributed by atoms with Gasteiger partial charge >= 0.3 is 5.97 Å². The summed E-state index contributed by atoms with van der Waals surface area (Å²) >= 11 is 3.98. The number of allylic oxidation sites excluding steroid dienone is 2. The minimum absolute atomic E-state index is 0.0258. The minimum atomic E-state index is -2.19. The van der Waals surface area contributed by atoms with E-state index in [0.717, 1.165) is 17.3 Å². The van der Waals surface area contributed by atoms with Crippen LogP contribution in [-0.4, -0.2) is 85.6 Å². The first-order chi connectivity index (χ1) is 19.2. The molecule has 2 saturated carbocycles. The van der Waals surface area contributed by atoms with Gasteiger partial charge in [0, 0.05) is 27.2 Å². The number of halogens is 1. The third kappa shape index (κ3) is 6.06. The summed E-state index contributed by atoms with van der Waals surface area (Å²) in [5.41, 5.74) is 0. The molecule has 234 valence electrons. The molecular formula is C31H51BrO8Si. The van der Waals surface area contributed by atoms with Crippen molar-refractivity contribution in [1.29, 1.82) is 0 Å². The highest BCUT2D eigenvalue weighted by molar-refractivity contribution is 9.11. The van der Waals surface area contributed by atoms with Crippen LogP contribution in [0.1, 0.15) is 40.5 Å². The molecule has 0 aromatic rings. The first-order valence-corrected chi connectivity index (χ1v) is 18.6. The van der Waals surface area contributed by atoms with Gasteiger partial charge in [-0.15, -0.1) is 6.58 Å². The Labute approximate surface area is 256 Å². The fourth-order valence-electron chi connectivity index (χ4n) is 7.60. The molecule has 4 rings (SSSR count). The van der Waals surface area contributed by atoms with Crippen molar-refractivity contribution in [3.63, 3.8) is 0 Å². The van der Waals surface area contributed by atoms with Gasteiger partial charge in [-0.3, -0.25) is 4.79 Å².